The summed E-state index contributed by atoms with van der Waals surface area (Å²) >= 11 is 0. The fourth-order valence-electron chi connectivity index (χ4n) is 2.21. The van der Waals surface area contributed by atoms with Crippen LogP contribution >= 0.6 is 0 Å². The highest BCUT2D eigenvalue weighted by molar-refractivity contribution is 7.89. The Morgan fingerprint density at radius 1 is 1.35 bits per heavy atom. The maximum atomic E-state index is 10.8. The summed E-state index contributed by atoms with van der Waals surface area (Å²) in [6.45, 7) is 4.16. The van der Waals surface area contributed by atoms with Crippen LogP contribution in [0.4, 0.5) is 0 Å². The van der Waals surface area contributed by atoms with E-state index in [1.54, 1.807) is 0 Å². The van der Waals surface area contributed by atoms with Gasteiger partial charge >= 0.3 is 0 Å². The molecule has 0 radical (unpaired) electrons. The van der Waals surface area contributed by atoms with Crippen molar-refractivity contribution in [3.8, 4) is 0 Å². The molecule has 3 N–H and O–H groups in total. The van der Waals surface area contributed by atoms with E-state index in [4.69, 9.17) is 5.14 Å². The van der Waals surface area contributed by atoms with Crippen LogP contribution < -0.4 is 10.5 Å². The predicted octanol–water partition coefficient (Wildman–Crippen LogP) is 0.824. The zero-order valence-electron chi connectivity index (χ0n) is 11.5. The third-order valence-electron chi connectivity index (χ3n) is 3.12. The molecule has 0 aliphatic heterocycles. The molecular weight excluding hydrogens is 276 g/mol. The highest BCUT2D eigenvalue weighted by Crippen LogP contribution is 2.15. The lowest BCUT2D eigenvalue weighted by molar-refractivity contribution is 0.585. The van der Waals surface area contributed by atoms with Crippen molar-refractivity contribution >= 4 is 21.1 Å². The molecule has 0 fully saturated rings. The van der Waals surface area contributed by atoms with Crippen LogP contribution in [-0.4, -0.2) is 30.3 Å². The molecule has 1 heterocycles. The van der Waals surface area contributed by atoms with Crippen molar-refractivity contribution in [2.75, 3.05) is 12.3 Å². The molecular formula is C13H20N4O2S. The number of rotatable bonds is 7. The molecule has 0 aliphatic rings. The Morgan fingerprint density at radius 2 is 2.10 bits per heavy atom. The van der Waals surface area contributed by atoms with Gasteiger partial charge in [0.15, 0.2) is 0 Å². The molecule has 0 saturated carbocycles. The monoisotopic (exact) mass is 296 g/mol. The van der Waals surface area contributed by atoms with Gasteiger partial charge in [-0.05, 0) is 32.0 Å². The molecule has 0 bridgehead atoms. The van der Waals surface area contributed by atoms with Crippen LogP contribution in [0.5, 0.6) is 0 Å². The molecule has 0 aliphatic carbocycles. The minimum atomic E-state index is -3.36. The SMILES string of the molecule is CCn1c(CNCCCS(N)(=O)=O)nc2ccccc21. The molecule has 0 spiro atoms. The predicted molar refractivity (Wildman–Crippen MR) is 79.7 cm³/mol. The van der Waals surface area contributed by atoms with Gasteiger partial charge in [-0.15, -0.1) is 0 Å². The Balaban J connectivity index is 1.96. The number of aromatic nitrogens is 2. The number of primary sulfonamides is 1. The van der Waals surface area contributed by atoms with Gasteiger partial charge in [-0.3, -0.25) is 0 Å². The van der Waals surface area contributed by atoms with Gasteiger partial charge in [0.1, 0.15) is 5.82 Å². The van der Waals surface area contributed by atoms with Crippen molar-refractivity contribution in [2.45, 2.75) is 26.4 Å². The Kier molecular flexibility index (Phi) is 4.74. The minimum Gasteiger partial charge on any atom is -0.327 e. The summed E-state index contributed by atoms with van der Waals surface area (Å²) in [6.07, 6.45) is 0.505. The van der Waals surface area contributed by atoms with E-state index in [0.717, 1.165) is 23.4 Å². The number of nitrogens with two attached hydrogens (primary N) is 1. The quantitative estimate of drug-likeness (QED) is 0.740. The summed E-state index contributed by atoms with van der Waals surface area (Å²) in [6, 6.07) is 8.01. The molecule has 0 saturated heterocycles. The first-order valence-electron chi connectivity index (χ1n) is 6.66. The largest absolute Gasteiger partial charge is 0.327 e. The standard InChI is InChI=1S/C13H20N4O2S/c1-2-17-12-7-4-3-6-11(12)16-13(17)10-15-8-5-9-20(14,18)19/h3-4,6-7,15H,2,5,8-10H2,1H3,(H2,14,18,19). The lowest BCUT2D eigenvalue weighted by atomic mass is 10.3. The third kappa shape index (κ3) is 3.78. The summed E-state index contributed by atoms with van der Waals surface area (Å²) in [5.41, 5.74) is 2.10. The summed E-state index contributed by atoms with van der Waals surface area (Å²) in [4.78, 5) is 4.59. The van der Waals surface area contributed by atoms with Gasteiger partial charge in [0.2, 0.25) is 10.0 Å². The van der Waals surface area contributed by atoms with E-state index in [0.29, 0.717) is 19.5 Å². The number of sulfonamides is 1. The normalized spacial score (nSPS) is 12.1. The van der Waals surface area contributed by atoms with Gasteiger partial charge in [0.25, 0.3) is 0 Å². The van der Waals surface area contributed by atoms with E-state index < -0.39 is 10.0 Å². The highest BCUT2D eigenvalue weighted by Gasteiger charge is 2.08. The molecule has 1 aromatic heterocycles. The van der Waals surface area contributed by atoms with Crippen molar-refractivity contribution in [3.05, 3.63) is 30.1 Å². The topological polar surface area (TPSA) is 90.0 Å². The molecule has 0 atom stereocenters. The summed E-state index contributed by atoms with van der Waals surface area (Å²) < 4.78 is 23.8. The number of aryl methyl sites for hydroxylation is 1. The summed E-state index contributed by atoms with van der Waals surface area (Å²) in [5, 5.41) is 8.16. The second-order valence-electron chi connectivity index (χ2n) is 4.66. The summed E-state index contributed by atoms with van der Waals surface area (Å²) in [7, 11) is -3.36. The maximum absolute atomic E-state index is 10.8. The van der Waals surface area contributed by atoms with Crippen molar-refractivity contribution in [3.63, 3.8) is 0 Å². The van der Waals surface area contributed by atoms with Crippen LogP contribution in [0.25, 0.3) is 11.0 Å². The first-order valence-corrected chi connectivity index (χ1v) is 8.38. The summed E-state index contributed by atoms with van der Waals surface area (Å²) in [5.74, 6) is 0.966. The first kappa shape index (κ1) is 15.0. The molecule has 6 nitrogen and oxygen atoms in total. The fourth-order valence-corrected chi connectivity index (χ4v) is 2.76. The lowest BCUT2D eigenvalue weighted by Crippen LogP contribution is -2.23. The van der Waals surface area contributed by atoms with Gasteiger partial charge in [-0.2, -0.15) is 0 Å². The van der Waals surface area contributed by atoms with Crippen LogP contribution in [0.3, 0.4) is 0 Å². The molecule has 7 heteroatoms. The van der Waals surface area contributed by atoms with Crippen LogP contribution in [0.15, 0.2) is 24.3 Å². The van der Waals surface area contributed by atoms with E-state index >= 15 is 0 Å². The second kappa shape index (κ2) is 6.34. The van der Waals surface area contributed by atoms with Crippen molar-refractivity contribution in [2.24, 2.45) is 5.14 Å². The molecule has 1 aromatic carbocycles. The number of hydrogen-bond donors (Lipinski definition) is 2. The second-order valence-corrected chi connectivity index (χ2v) is 6.39. The number of nitrogens with zero attached hydrogens (tertiary/aromatic N) is 2. The number of nitrogens with one attached hydrogen (secondary N) is 1. The van der Waals surface area contributed by atoms with E-state index in [1.807, 2.05) is 18.2 Å². The zero-order valence-corrected chi connectivity index (χ0v) is 12.4. The average Bonchev–Trinajstić information content (AvgIpc) is 2.74. The number of fused-ring (bicyclic) bond motifs is 1. The van der Waals surface area contributed by atoms with Gasteiger partial charge < -0.3 is 9.88 Å². The van der Waals surface area contributed by atoms with Gasteiger partial charge in [-0.25, -0.2) is 18.5 Å². The van der Waals surface area contributed by atoms with Crippen molar-refractivity contribution in [1.82, 2.24) is 14.9 Å². The van der Waals surface area contributed by atoms with Crippen LogP contribution in [0, 0.1) is 0 Å². The highest BCUT2D eigenvalue weighted by atomic mass is 32.2. The van der Waals surface area contributed by atoms with E-state index in [-0.39, 0.29) is 5.75 Å². The van der Waals surface area contributed by atoms with Crippen molar-refractivity contribution < 1.29 is 8.42 Å². The van der Waals surface area contributed by atoms with Crippen LogP contribution in [0.1, 0.15) is 19.2 Å². The number of para-hydroxylation sites is 2. The van der Waals surface area contributed by atoms with Crippen LogP contribution in [0.2, 0.25) is 0 Å². The molecule has 2 rings (SSSR count). The molecule has 0 amide bonds. The maximum Gasteiger partial charge on any atom is 0.209 e. The minimum absolute atomic E-state index is 0.00416. The zero-order chi connectivity index (χ0) is 14.6. The van der Waals surface area contributed by atoms with E-state index in [2.05, 4.69) is 27.9 Å². The van der Waals surface area contributed by atoms with Gasteiger partial charge in [-0.1, -0.05) is 12.1 Å². The number of imidazole rings is 1. The molecule has 110 valence electrons. The first-order chi connectivity index (χ1) is 9.51. The van der Waals surface area contributed by atoms with E-state index in [9.17, 15) is 8.42 Å². The lowest BCUT2D eigenvalue weighted by Gasteiger charge is -2.07. The Bertz CT molecular complexity index is 679. The van der Waals surface area contributed by atoms with E-state index in [1.165, 1.54) is 0 Å². The molecule has 2 aromatic rings. The Morgan fingerprint density at radius 3 is 2.80 bits per heavy atom. The smallest absolute Gasteiger partial charge is 0.209 e. The Labute approximate surface area is 119 Å². The van der Waals surface area contributed by atoms with Gasteiger partial charge in [0, 0.05) is 6.54 Å². The molecule has 20 heavy (non-hydrogen) atoms. The number of benzene rings is 1. The van der Waals surface area contributed by atoms with Crippen molar-refractivity contribution in [1.29, 1.82) is 0 Å². The average molecular weight is 296 g/mol. The van der Waals surface area contributed by atoms with Crippen LogP contribution in [-0.2, 0) is 23.1 Å². The van der Waals surface area contributed by atoms with Gasteiger partial charge in [0.05, 0.1) is 23.3 Å². The fraction of sp³-hybridized carbons (Fsp3) is 0.462. The number of hydrogen-bond acceptors (Lipinski definition) is 4. The molecule has 0 unspecified atom stereocenters. The Hall–Kier alpha value is -1.44. The third-order valence-corrected chi connectivity index (χ3v) is 3.97.